The van der Waals surface area contributed by atoms with Crippen molar-refractivity contribution in [2.45, 2.75) is 57.0 Å². The molecule has 1 fully saturated rings. The molecule has 0 unspecified atom stereocenters. The van der Waals surface area contributed by atoms with Crippen LogP contribution in [0.1, 0.15) is 47.5 Å². The Bertz CT molecular complexity index is 425. The van der Waals surface area contributed by atoms with Crippen molar-refractivity contribution in [2.75, 3.05) is 7.05 Å². The molecule has 0 bridgehead atoms. The summed E-state index contributed by atoms with van der Waals surface area (Å²) in [6.07, 6.45) is 1.30. The lowest BCUT2D eigenvalue weighted by molar-refractivity contribution is -0.122. The maximum absolute atomic E-state index is 12.7. The van der Waals surface area contributed by atoms with Crippen LogP contribution in [0.15, 0.2) is 0 Å². The van der Waals surface area contributed by atoms with Crippen molar-refractivity contribution < 1.29 is 13.2 Å². The quantitative estimate of drug-likeness (QED) is 0.837. The van der Waals surface area contributed by atoms with E-state index in [0.29, 0.717) is 12.8 Å². The van der Waals surface area contributed by atoms with E-state index in [4.69, 9.17) is 0 Å². The fourth-order valence-corrected chi connectivity index (χ4v) is 5.22. The monoisotopic (exact) mass is 261 g/mol. The minimum Gasteiger partial charge on any atom is -0.358 e. The van der Waals surface area contributed by atoms with Gasteiger partial charge in [-0.05, 0) is 32.1 Å². The van der Waals surface area contributed by atoms with Gasteiger partial charge in [0.2, 0.25) is 5.91 Å². The molecule has 0 spiro atoms. The van der Waals surface area contributed by atoms with E-state index in [-0.39, 0.29) is 5.41 Å². The van der Waals surface area contributed by atoms with E-state index in [0.717, 1.165) is 0 Å². The summed E-state index contributed by atoms with van der Waals surface area (Å²) in [4.78, 5) is 11.8. The van der Waals surface area contributed by atoms with Crippen molar-refractivity contribution in [1.82, 2.24) is 5.32 Å². The Hall–Kier alpha value is -0.580. The summed E-state index contributed by atoms with van der Waals surface area (Å²) in [5.41, 5.74) is -0.336. The van der Waals surface area contributed by atoms with Gasteiger partial charge in [0.15, 0.2) is 9.84 Å². The van der Waals surface area contributed by atoms with Crippen molar-refractivity contribution in [3.05, 3.63) is 0 Å². The summed E-state index contributed by atoms with van der Waals surface area (Å²) >= 11 is 0. The molecule has 0 aromatic rings. The zero-order valence-corrected chi connectivity index (χ0v) is 12.4. The molecule has 0 aromatic heterocycles. The van der Waals surface area contributed by atoms with Gasteiger partial charge in [0.05, 0.1) is 4.75 Å². The molecule has 0 radical (unpaired) electrons. The van der Waals surface area contributed by atoms with Gasteiger partial charge >= 0.3 is 0 Å². The first-order valence-corrected chi connectivity index (χ1v) is 7.39. The number of amides is 1. The number of carbonyl (C=O) groups excluding carboxylic acids is 1. The van der Waals surface area contributed by atoms with Crippen LogP contribution in [-0.4, -0.2) is 30.9 Å². The fraction of sp³-hybridized carbons (Fsp3) is 0.917. The molecule has 5 heteroatoms. The average Bonchev–Trinajstić information content (AvgIpc) is 2.95. The summed E-state index contributed by atoms with van der Waals surface area (Å²) in [5, 5.41) is 2.44. The van der Waals surface area contributed by atoms with Crippen molar-refractivity contribution in [2.24, 2.45) is 5.41 Å². The van der Waals surface area contributed by atoms with Crippen LogP contribution in [-0.2, 0) is 14.6 Å². The second-order valence-corrected chi connectivity index (χ2v) is 9.15. The van der Waals surface area contributed by atoms with E-state index in [1.54, 1.807) is 0 Å². The van der Waals surface area contributed by atoms with Gasteiger partial charge in [0.25, 0.3) is 0 Å². The van der Waals surface area contributed by atoms with Gasteiger partial charge < -0.3 is 5.32 Å². The highest BCUT2D eigenvalue weighted by molar-refractivity contribution is 7.95. The number of hydrogen-bond acceptors (Lipinski definition) is 3. The second kappa shape index (κ2) is 3.70. The van der Waals surface area contributed by atoms with Gasteiger partial charge in [-0.2, -0.15) is 0 Å². The van der Waals surface area contributed by atoms with Gasteiger partial charge in [-0.15, -0.1) is 0 Å². The Morgan fingerprint density at radius 1 is 1.12 bits per heavy atom. The van der Waals surface area contributed by atoms with Crippen LogP contribution in [0.25, 0.3) is 0 Å². The van der Waals surface area contributed by atoms with Gasteiger partial charge in [-0.25, -0.2) is 8.42 Å². The molecule has 0 atom stereocenters. The Balaban J connectivity index is 3.27. The molecule has 1 amide bonds. The smallest absolute Gasteiger partial charge is 0.240 e. The zero-order chi connectivity index (χ0) is 13.7. The molecule has 4 nitrogen and oxygen atoms in total. The molecule has 1 aliphatic rings. The van der Waals surface area contributed by atoms with Crippen LogP contribution in [0.3, 0.4) is 0 Å². The predicted molar refractivity (Wildman–Crippen MR) is 68.5 cm³/mol. The largest absolute Gasteiger partial charge is 0.358 e. The van der Waals surface area contributed by atoms with Crippen LogP contribution in [0.4, 0.5) is 0 Å². The molecule has 0 heterocycles. The molecule has 1 aliphatic carbocycles. The topological polar surface area (TPSA) is 63.2 Å². The van der Waals surface area contributed by atoms with Crippen molar-refractivity contribution >= 4 is 15.7 Å². The van der Waals surface area contributed by atoms with Crippen LogP contribution in [0.5, 0.6) is 0 Å². The second-order valence-electron chi connectivity index (χ2n) is 6.34. The van der Waals surface area contributed by atoms with Gasteiger partial charge in [-0.3, -0.25) is 4.79 Å². The number of hydrogen-bond donors (Lipinski definition) is 1. The lowest BCUT2D eigenvalue weighted by Crippen LogP contribution is -2.54. The third-order valence-electron chi connectivity index (χ3n) is 4.03. The molecule has 100 valence electrons. The third kappa shape index (κ3) is 1.79. The van der Waals surface area contributed by atoms with E-state index in [2.05, 4.69) is 5.32 Å². The first-order chi connectivity index (χ1) is 7.44. The summed E-state index contributed by atoms with van der Waals surface area (Å²) in [6.45, 7) is 8.77. The third-order valence-corrected chi connectivity index (χ3v) is 7.61. The van der Waals surface area contributed by atoms with E-state index >= 15 is 0 Å². The highest BCUT2D eigenvalue weighted by atomic mass is 32.2. The number of sulfone groups is 1. The van der Waals surface area contributed by atoms with Crippen LogP contribution in [0, 0.1) is 5.41 Å². The lowest BCUT2D eigenvalue weighted by Gasteiger charge is -2.36. The van der Waals surface area contributed by atoms with E-state index in [1.165, 1.54) is 20.9 Å². The Morgan fingerprint density at radius 3 is 1.76 bits per heavy atom. The first-order valence-electron chi connectivity index (χ1n) is 5.90. The van der Waals surface area contributed by atoms with Gasteiger partial charge in [0, 0.05) is 7.05 Å². The normalized spacial score (nSPS) is 19.9. The van der Waals surface area contributed by atoms with E-state index in [9.17, 15) is 13.2 Å². The fourth-order valence-electron chi connectivity index (χ4n) is 2.45. The Kier molecular flexibility index (Phi) is 3.16. The molecule has 17 heavy (non-hydrogen) atoms. The van der Waals surface area contributed by atoms with Gasteiger partial charge in [0.1, 0.15) is 4.75 Å². The maximum atomic E-state index is 12.7. The van der Waals surface area contributed by atoms with Crippen LogP contribution >= 0.6 is 0 Å². The van der Waals surface area contributed by atoms with E-state index < -0.39 is 25.2 Å². The maximum Gasteiger partial charge on any atom is 0.240 e. The number of rotatable bonds is 3. The summed E-state index contributed by atoms with van der Waals surface area (Å²) in [6, 6.07) is 0. The summed E-state index contributed by atoms with van der Waals surface area (Å²) in [5.74, 6) is -0.437. The molecule has 0 aromatic carbocycles. The summed E-state index contributed by atoms with van der Waals surface area (Å²) in [7, 11) is -2.04. The van der Waals surface area contributed by atoms with Crippen LogP contribution in [0.2, 0.25) is 0 Å². The van der Waals surface area contributed by atoms with Crippen molar-refractivity contribution in [3.63, 3.8) is 0 Å². The summed E-state index contributed by atoms with van der Waals surface area (Å²) < 4.78 is 23.3. The highest BCUT2D eigenvalue weighted by Gasteiger charge is 2.66. The molecule has 1 N–H and O–H groups in total. The predicted octanol–water partition coefficient (Wildman–Crippen LogP) is 1.50. The Morgan fingerprint density at radius 2 is 1.53 bits per heavy atom. The van der Waals surface area contributed by atoms with Crippen molar-refractivity contribution in [1.29, 1.82) is 0 Å². The lowest BCUT2D eigenvalue weighted by atomic mass is 9.89. The van der Waals surface area contributed by atoms with Gasteiger partial charge in [-0.1, -0.05) is 20.8 Å². The standard InChI is InChI=1S/C12H23NO3S/c1-10(2,3)12(7-8-12)17(15,16)11(4,5)9(14)13-6/h7-8H2,1-6H3,(H,13,14). The SMILES string of the molecule is CNC(=O)C(C)(C)S(=O)(=O)C1(C(C)(C)C)CC1. The molecule has 0 saturated heterocycles. The number of carbonyl (C=O) groups is 1. The first kappa shape index (κ1) is 14.5. The van der Waals surface area contributed by atoms with Crippen LogP contribution < -0.4 is 5.32 Å². The average molecular weight is 261 g/mol. The zero-order valence-electron chi connectivity index (χ0n) is 11.5. The molecule has 0 aliphatic heterocycles. The van der Waals surface area contributed by atoms with Crippen molar-refractivity contribution in [3.8, 4) is 0 Å². The molecule has 1 saturated carbocycles. The number of nitrogens with one attached hydrogen (secondary N) is 1. The van der Waals surface area contributed by atoms with E-state index in [1.807, 2.05) is 20.8 Å². The Labute approximate surface area is 104 Å². The highest BCUT2D eigenvalue weighted by Crippen LogP contribution is 2.58. The molecular weight excluding hydrogens is 238 g/mol. The minimum atomic E-state index is -3.51. The molecule has 1 rings (SSSR count). The molecular formula is C12H23NO3S. The minimum absolute atomic E-state index is 0.336.